The molecule has 0 aliphatic carbocycles. The Kier molecular flexibility index (Phi) is 8.68. The van der Waals surface area contributed by atoms with Crippen molar-refractivity contribution in [3.05, 3.63) is 59.4 Å². The van der Waals surface area contributed by atoms with Gasteiger partial charge in [-0.2, -0.15) is 31.4 Å². The van der Waals surface area contributed by atoms with Gasteiger partial charge in [0.15, 0.2) is 11.8 Å². The number of alkyl halides is 6. The van der Waals surface area contributed by atoms with Crippen molar-refractivity contribution in [1.82, 2.24) is 15.2 Å². The molecule has 41 heavy (non-hydrogen) atoms. The standard InChI is InChI=1S/C26H26F6N6O3/c1-14-3-4-18(35-24(40)20-9-17(11-33-37-20)25(27,28)29)10-19(14)16-7-22(34-15(2)13-39)36-23(8-16)38-5-6-41-21(12-38)26(30,31)32/h3-4,7-11,15,21,39H,5-6,12-13H2,1-2H3,(H,34,36)(H,35,40)/t15-,21?/m1/s1. The van der Waals surface area contributed by atoms with Crippen molar-refractivity contribution in [3.63, 3.8) is 0 Å². The average molecular weight is 585 g/mol. The number of aliphatic hydroxyl groups excluding tert-OH is 1. The molecule has 0 saturated carbocycles. The summed E-state index contributed by atoms with van der Waals surface area (Å²) in [5, 5.41) is 21.8. The summed E-state index contributed by atoms with van der Waals surface area (Å²) in [6.45, 7) is 2.77. The Morgan fingerprint density at radius 2 is 1.93 bits per heavy atom. The minimum absolute atomic E-state index is 0.158. The maximum atomic E-state index is 13.4. The summed E-state index contributed by atoms with van der Waals surface area (Å²) >= 11 is 0. The van der Waals surface area contributed by atoms with Crippen LogP contribution in [-0.2, 0) is 10.9 Å². The third kappa shape index (κ3) is 7.41. The first kappa shape index (κ1) is 30.0. The van der Waals surface area contributed by atoms with E-state index in [0.717, 1.165) is 5.56 Å². The van der Waals surface area contributed by atoms with Gasteiger partial charge in [0.25, 0.3) is 5.91 Å². The molecule has 2 aromatic heterocycles. The number of aliphatic hydroxyl groups is 1. The maximum absolute atomic E-state index is 13.4. The number of anilines is 3. The lowest BCUT2D eigenvalue weighted by atomic mass is 10.00. The molecule has 1 aliphatic rings. The van der Waals surface area contributed by atoms with Crippen LogP contribution in [0.1, 0.15) is 28.5 Å². The fraction of sp³-hybridized carbons (Fsp3) is 0.385. The molecule has 1 aliphatic heterocycles. The van der Waals surface area contributed by atoms with Crippen molar-refractivity contribution in [1.29, 1.82) is 0 Å². The molecule has 4 rings (SSSR count). The van der Waals surface area contributed by atoms with E-state index in [1.165, 1.54) is 4.90 Å². The summed E-state index contributed by atoms with van der Waals surface area (Å²) in [6, 6.07) is 8.19. The molecule has 3 aromatic rings. The molecule has 1 unspecified atom stereocenters. The summed E-state index contributed by atoms with van der Waals surface area (Å²) in [5.41, 5.74) is 0.404. The second kappa shape index (κ2) is 11.9. The molecule has 1 amide bonds. The summed E-state index contributed by atoms with van der Waals surface area (Å²) in [4.78, 5) is 18.6. The summed E-state index contributed by atoms with van der Waals surface area (Å²) in [7, 11) is 0. The van der Waals surface area contributed by atoms with Gasteiger partial charge >= 0.3 is 12.4 Å². The number of aryl methyl sites for hydroxylation is 1. The van der Waals surface area contributed by atoms with Crippen molar-refractivity contribution >= 4 is 23.2 Å². The van der Waals surface area contributed by atoms with Crippen molar-refractivity contribution < 1.29 is 41.0 Å². The average Bonchev–Trinajstić information content (AvgIpc) is 2.93. The topological polar surface area (TPSA) is 112 Å². The largest absolute Gasteiger partial charge is 0.418 e. The van der Waals surface area contributed by atoms with E-state index in [1.807, 2.05) is 0 Å². The molecular formula is C26H26F6N6O3. The lowest BCUT2D eigenvalue weighted by Crippen LogP contribution is -2.49. The highest BCUT2D eigenvalue weighted by Crippen LogP contribution is 2.34. The van der Waals surface area contributed by atoms with E-state index >= 15 is 0 Å². The molecule has 9 nitrogen and oxygen atoms in total. The number of pyridine rings is 1. The molecule has 0 bridgehead atoms. The second-order valence-electron chi connectivity index (χ2n) is 9.49. The van der Waals surface area contributed by atoms with Crippen LogP contribution in [0.15, 0.2) is 42.6 Å². The number of rotatable bonds is 7. The van der Waals surface area contributed by atoms with Crippen LogP contribution in [-0.4, -0.2) is 70.8 Å². The molecule has 0 spiro atoms. The first-order valence-corrected chi connectivity index (χ1v) is 12.4. The molecule has 3 N–H and O–H groups in total. The van der Waals surface area contributed by atoms with E-state index in [9.17, 15) is 36.2 Å². The number of hydrogen-bond donors (Lipinski definition) is 3. The number of ether oxygens (including phenoxy) is 1. The van der Waals surface area contributed by atoms with Crippen LogP contribution in [0, 0.1) is 6.92 Å². The highest BCUT2D eigenvalue weighted by molar-refractivity contribution is 6.03. The lowest BCUT2D eigenvalue weighted by Gasteiger charge is -2.35. The zero-order valence-electron chi connectivity index (χ0n) is 21.8. The van der Waals surface area contributed by atoms with E-state index in [4.69, 9.17) is 4.74 Å². The van der Waals surface area contributed by atoms with Crippen molar-refractivity contribution in [2.75, 3.05) is 41.8 Å². The van der Waals surface area contributed by atoms with E-state index in [1.54, 1.807) is 44.2 Å². The second-order valence-corrected chi connectivity index (χ2v) is 9.49. The van der Waals surface area contributed by atoms with Gasteiger partial charge in [-0.05, 0) is 60.9 Å². The predicted molar refractivity (Wildman–Crippen MR) is 138 cm³/mol. The summed E-state index contributed by atoms with van der Waals surface area (Å²) in [5.74, 6) is -0.387. The monoisotopic (exact) mass is 584 g/mol. The van der Waals surface area contributed by atoms with Crippen LogP contribution in [0.25, 0.3) is 11.1 Å². The molecule has 220 valence electrons. The zero-order chi connectivity index (χ0) is 29.9. The smallest absolute Gasteiger partial charge is 0.394 e. The number of benzene rings is 1. The molecule has 0 radical (unpaired) electrons. The van der Waals surface area contributed by atoms with Crippen LogP contribution in [0.2, 0.25) is 0 Å². The number of hydrogen-bond acceptors (Lipinski definition) is 8. The third-order valence-corrected chi connectivity index (χ3v) is 6.26. The number of morpholine rings is 1. The van der Waals surface area contributed by atoms with Gasteiger partial charge in [0.1, 0.15) is 11.6 Å². The quantitative estimate of drug-likeness (QED) is 0.344. The Morgan fingerprint density at radius 1 is 1.17 bits per heavy atom. The zero-order valence-corrected chi connectivity index (χ0v) is 21.8. The number of carbonyl (C=O) groups excluding carboxylic acids is 1. The van der Waals surface area contributed by atoms with Crippen LogP contribution >= 0.6 is 0 Å². The number of amides is 1. The highest BCUT2D eigenvalue weighted by atomic mass is 19.4. The van der Waals surface area contributed by atoms with Gasteiger partial charge < -0.3 is 25.4 Å². The van der Waals surface area contributed by atoms with Gasteiger partial charge in [-0.25, -0.2) is 4.98 Å². The number of aromatic nitrogens is 3. The molecule has 1 fully saturated rings. The molecule has 1 aromatic carbocycles. The highest BCUT2D eigenvalue weighted by Gasteiger charge is 2.43. The Labute approximate surface area is 230 Å². The molecule has 1 saturated heterocycles. The molecule has 15 heteroatoms. The van der Waals surface area contributed by atoms with Crippen LogP contribution in [0.5, 0.6) is 0 Å². The lowest BCUT2D eigenvalue weighted by molar-refractivity contribution is -0.221. The van der Waals surface area contributed by atoms with Gasteiger partial charge in [0.05, 0.1) is 31.5 Å². The van der Waals surface area contributed by atoms with Gasteiger partial charge in [-0.1, -0.05) is 6.07 Å². The van der Waals surface area contributed by atoms with Crippen LogP contribution < -0.4 is 15.5 Å². The van der Waals surface area contributed by atoms with Gasteiger partial charge in [-0.3, -0.25) is 4.79 Å². The first-order valence-electron chi connectivity index (χ1n) is 12.4. The molecule has 3 heterocycles. The van der Waals surface area contributed by atoms with Crippen molar-refractivity contribution in [2.45, 2.75) is 38.3 Å². The van der Waals surface area contributed by atoms with Gasteiger partial charge in [-0.15, -0.1) is 5.10 Å². The Hall–Kier alpha value is -3.98. The molecule has 2 atom stereocenters. The number of nitrogens with zero attached hydrogens (tertiary/aromatic N) is 4. The fourth-order valence-electron chi connectivity index (χ4n) is 4.10. The van der Waals surface area contributed by atoms with Crippen molar-refractivity contribution in [3.8, 4) is 11.1 Å². The summed E-state index contributed by atoms with van der Waals surface area (Å²) < 4.78 is 84.1. The minimum atomic E-state index is -4.71. The Morgan fingerprint density at radius 3 is 2.61 bits per heavy atom. The van der Waals surface area contributed by atoms with E-state index in [-0.39, 0.29) is 31.3 Å². The number of carbonyl (C=O) groups is 1. The Bertz CT molecular complexity index is 1400. The SMILES string of the molecule is Cc1ccc(NC(=O)c2cc(C(F)(F)F)cnn2)cc1-c1cc(N[C@H](C)CO)nc(N2CCOC(C(F)(F)F)C2)c1. The predicted octanol–water partition coefficient (Wildman–Crippen LogP) is 4.68. The van der Waals surface area contributed by atoms with Crippen LogP contribution in [0.4, 0.5) is 43.7 Å². The fourth-order valence-corrected chi connectivity index (χ4v) is 4.10. The van der Waals surface area contributed by atoms with Crippen LogP contribution in [0.3, 0.4) is 0 Å². The summed E-state index contributed by atoms with van der Waals surface area (Å²) in [6.07, 6.45) is -10.7. The first-order chi connectivity index (χ1) is 19.2. The Balaban J connectivity index is 1.68. The third-order valence-electron chi connectivity index (χ3n) is 6.26. The van der Waals surface area contributed by atoms with E-state index in [2.05, 4.69) is 25.8 Å². The number of nitrogens with one attached hydrogen (secondary N) is 2. The van der Waals surface area contributed by atoms with Crippen molar-refractivity contribution in [2.24, 2.45) is 0 Å². The van der Waals surface area contributed by atoms with Gasteiger partial charge in [0, 0.05) is 18.3 Å². The maximum Gasteiger partial charge on any atom is 0.418 e. The minimum Gasteiger partial charge on any atom is -0.394 e. The van der Waals surface area contributed by atoms with E-state index in [0.29, 0.717) is 29.2 Å². The number of halogens is 6. The van der Waals surface area contributed by atoms with E-state index < -0.39 is 48.2 Å². The normalized spacial score (nSPS) is 16.8. The van der Waals surface area contributed by atoms with Gasteiger partial charge in [0.2, 0.25) is 0 Å². The molecular weight excluding hydrogens is 558 g/mol.